The van der Waals surface area contributed by atoms with Gasteiger partial charge in [0.2, 0.25) is 0 Å². The lowest BCUT2D eigenvalue weighted by atomic mass is 10.1. The van der Waals surface area contributed by atoms with Gasteiger partial charge < -0.3 is 20.1 Å². The van der Waals surface area contributed by atoms with Gasteiger partial charge in [0, 0.05) is 14.7 Å². The Labute approximate surface area is 212 Å². The highest BCUT2D eigenvalue weighted by Crippen LogP contribution is 2.28. The number of carbonyl (C=O) groups excluding carboxylic acids is 2. The second-order valence-electron chi connectivity index (χ2n) is 9.89. The third-order valence-corrected chi connectivity index (χ3v) is 7.45. The summed E-state index contributed by atoms with van der Waals surface area (Å²) < 4.78 is 11.3. The van der Waals surface area contributed by atoms with E-state index in [0.29, 0.717) is 24.7 Å². The molecule has 0 aliphatic carbocycles. The first-order chi connectivity index (χ1) is 17.3. The zero-order valence-electron chi connectivity index (χ0n) is 20.9. The Morgan fingerprint density at radius 3 is 2.61 bits per heavy atom. The second-order valence-corrected chi connectivity index (χ2v) is 15.5. The van der Waals surface area contributed by atoms with Crippen molar-refractivity contribution in [3.8, 4) is 0 Å². The number of para-hydroxylation sites is 1. The lowest BCUT2D eigenvalue weighted by molar-refractivity contribution is -0.111. The summed E-state index contributed by atoms with van der Waals surface area (Å²) in [5, 5.41) is 9.24. The average molecular weight is 508 g/mol. The minimum atomic E-state index is -1.25. The molecule has 10 heteroatoms. The van der Waals surface area contributed by atoms with Gasteiger partial charge in [0.1, 0.15) is 12.4 Å². The third-order valence-electron chi connectivity index (χ3n) is 5.74. The van der Waals surface area contributed by atoms with E-state index in [-0.39, 0.29) is 19.1 Å². The SMILES string of the molecule is C[Si](C)(C)CCOCC1=C(N2C(=O)C=NCc3ccccc32)NC(NC(=O)OCc2ccccc2)N1. The molecule has 36 heavy (non-hydrogen) atoms. The molecule has 0 bridgehead atoms. The highest BCUT2D eigenvalue weighted by Gasteiger charge is 2.33. The summed E-state index contributed by atoms with van der Waals surface area (Å²) in [5.74, 6) is 0.235. The van der Waals surface area contributed by atoms with E-state index >= 15 is 0 Å². The Hall–Kier alpha value is -3.63. The second kappa shape index (κ2) is 11.4. The molecule has 0 spiro atoms. The van der Waals surface area contributed by atoms with Crippen LogP contribution in [-0.2, 0) is 27.4 Å². The summed E-state index contributed by atoms with van der Waals surface area (Å²) in [4.78, 5) is 31.4. The van der Waals surface area contributed by atoms with E-state index in [4.69, 9.17) is 9.47 Å². The molecule has 190 valence electrons. The molecular formula is C26H33N5O4Si. The van der Waals surface area contributed by atoms with Crippen LogP contribution in [0.15, 0.2) is 71.1 Å². The number of alkyl carbamates (subject to hydrolysis) is 1. The molecule has 0 saturated heterocycles. The molecular weight excluding hydrogens is 474 g/mol. The quantitative estimate of drug-likeness (QED) is 0.354. The smallest absolute Gasteiger partial charge is 0.410 e. The first kappa shape index (κ1) is 25.5. The normalized spacial score (nSPS) is 17.2. The summed E-state index contributed by atoms with van der Waals surface area (Å²) in [6.07, 6.45) is 0.0556. The number of anilines is 1. The first-order valence-electron chi connectivity index (χ1n) is 12.0. The molecule has 2 aromatic rings. The Morgan fingerprint density at radius 1 is 1.08 bits per heavy atom. The van der Waals surface area contributed by atoms with Crippen LogP contribution >= 0.6 is 0 Å². The van der Waals surface area contributed by atoms with Gasteiger partial charge in [0.15, 0.2) is 6.29 Å². The van der Waals surface area contributed by atoms with Gasteiger partial charge in [-0.05, 0) is 23.2 Å². The van der Waals surface area contributed by atoms with Crippen molar-refractivity contribution in [3.63, 3.8) is 0 Å². The maximum Gasteiger partial charge on any atom is 0.410 e. The predicted molar refractivity (Wildman–Crippen MR) is 142 cm³/mol. The molecule has 0 aromatic heterocycles. The van der Waals surface area contributed by atoms with Crippen molar-refractivity contribution < 1.29 is 19.1 Å². The largest absolute Gasteiger partial charge is 0.445 e. The maximum atomic E-state index is 13.1. The van der Waals surface area contributed by atoms with Crippen molar-refractivity contribution >= 4 is 32.0 Å². The van der Waals surface area contributed by atoms with Crippen molar-refractivity contribution in [1.29, 1.82) is 0 Å². The number of nitrogens with one attached hydrogen (secondary N) is 3. The number of rotatable bonds is 9. The molecule has 2 aliphatic rings. The summed E-state index contributed by atoms with van der Waals surface area (Å²) in [6.45, 7) is 8.33. The van der Waals surface area contributed by atoms with Crippen LogP contribution < -0.4 is 20.9 Å². The standard InChI is InChI=1S/C26H33N5O4Si/c1-36(2,3)14-13-34-18-21-24(31-22-12-8-7-11-20(22)15-27-16-23(31)32)29-25(28-21)30-26(33)35-17-19-9-5-4-6-10-19/h4-12,16,25,28-29H,13-15,17-18H2,1-3H3,(H,30,33). The number of aliphatic imine (C=N–C) groups is 1. The highest BCUT2D eigenvalue weighted by molar-refractivity contribution is 6.76. The molecule has 2 aromatic carbocycles. The van der Waals surface area contributed by atoms with Crippen LogP contribution in [0.3, 0.4) is 0 Å². The van der Waals surface area contributed by atoms with Gasteiger partial charge >= 0.3 is 6.09 Å². The fraction of sp³-hybridized carbons (Fsp3) is 0.346. The number of fused-ring (bicyclic) bond motifs is 1. The van der Waals surface area contributed by atoms with Crippen LogP contribution in [0.4, 0.5) is 10.5 Å². The van der Waals surface area contributed by atoms with Gasteiger partial charge in [-0.15, -0.1) is 0 Å². The molecule has 9 nitrogen and oxygen atoms in total. The summed E-state index contributed by atoms with van der Waals surface area (Å²) in [7, 11) is -1.25. The maximum absolute atomic E-state index is 13.1. The summed E-state index contributed by atoms with van der Waals surface area (Å²) in [5.41, 5.74) is 3.21. The van der Waals surface area contributed by atoms with Crippen molar-refractivity contribution in [2.24, 2.45) is 4.99 Å². The van der Waals surface area contributed by atoms with E-state index in [2.05, 4.69) is 40.6 Å². The number of ether oxygens (including phenoxy) is 2. The lowest BCUT2D eigenvalue weighted by Crippen LogP contribution is -2.51. The highest BCUT2D eigenvalue weighted by atomic mass is 28.3. The molecule has 0 saturated carbocycles. The molecule has 1 atom stereocenters. The fourth-order valence-corrected chi connectivity index (χ4v) is 4.57. The van der Waals surface area contributed by atoms with Gasteiger partial charge in [0.25, 0.3) is 5.91 Å². The Morgan fingerprint density at radius 2 is 1.83 bits per heavy atom. The number of benzene rings is 2. The lowest BCUT2D eigenvalue weighted by Gasteiger charge is -2.25. The van der Waals surface area contributed by atoms with E-state index in [0.717, 1.165) is 22.9 Å². The zero-order valence-corrected chi connectivity index (χ0v) is 21.9. The van der Waals surface area contributed by atoms with Crippen LogP contribution in [0.5, 0.6) is 0 Å². The van der Waals surface area contributed by atoms with E-state index in [9.17, 15) is 9.59 Å². The van der Waals surface area contributed by atoms with Gasteiger partial charge in [-0.25, -0.2) is 4.79 Å². The minimum absolute atomic E-state index is 0.154. The van der Waals surface area contributed by atoms with Crippen molar-refractivity contribution in [3.05, 3.63) is 77.2 Å². The van der Waals surface area contributed by atoms with E-state index in [1.165, 1.54) is 6.21 Å². The molecule has 1 unspecified atom stereocenters. The topological polar surface area (TPSA) is 104 Å². The number of nitrogens with zero attached hydrogens (tertiary/aromatic N) is 2. The number of hydrogen-bond donors (Lipinski definition) is 3. The van der Waals surface area contributed by atoms with Gasteiger partial charge in [-0.3, -0.25) is 20.0 Å². The van der Waals surface area contributed by atoms with E-state index in [1.54, 1.807) is 4.90 Å². The van der Waals surface area contributed by atoms with Gasteiger partial charge in [0.05, 0.1) is 30.8 Å². The molecule has 3 N–H and O–H groups in total. The van der Waals surface area contributed by atoms with Crippen LogP contribution in [0.2, 0.25) is 25.7 Å². The van der Waals surface area contributed by atoms with E-state index in [1.807, 2.05) is 54.6 Å². The third kappa shape index (κ3) is 6.73. The minimum Gasteiger partial charge on any atom is -0.445 e. The van der Waals surface area contributed by atoms with Crippen LogP contribution in [0, 0.1) is 0 Å². The van der Waals surface area contributed by atoms with Crippen LogP contribution in [0.25, 0.3) is 0 Å². The van der Waals surface area contributed by atoms with Gasteiger partial charge in [-0.1, -0.05) is 68.2 Å². The Bertz CT molecular complexity index is 1150. The van der Waals surface area contributed by atoms with E-state index < -0.39 is 20.5 Å². The summed E-state index contributed by atoms with van der Waals surface area (Å²) in [6, 6.07) is 18.1. The molecule has 2 amide bonds. The van der Waals surface area contributed by atoms with Crippen molar-refractivity contribution in [1.82, 2.24) is 16.0 Å². The zero-order chi connectivity index (χ0) is 25.5. The Kier molecular flexibility index (Phi) is 8.06. The molecule has 2 aliphatic heterocycles. The Balaban J connectivity index is 1.49. The van der Waals surface area contributed by atoms with Gasteiger partial charge in [-0.2, -0.15) is 0 Å². The number of amides is 2. The number of carbonyl (C=O) groups is 2. The molecule has 2 heterocycles. The van der Waals surface area contributed by atoms with Crippen molar-refractivity contribution in [2.75, 3.05) is 18.1 Å². The summed E-state index contributed by atoms with van der Waals surface area (Å²) >= 11 is 0. The molecule has 0 fully saturated rings. The first-order valence-corrected chi connectivity index (χ1v) is 15.7. The van der Waals surface area contributed by atoms with Crippen LogP contribution in [-0.4, -0.2) is 45.8 Å². The number of hydrogen-bond acceptors (Lipinski definition) is 7. The van der Waals surface area contributed by atoms with Crippen LogP contribution in [0.1, 0.15) is 11.1 Å². The predicted octanol–water partition coefficient (Wildman–Crippen LogP) is 3.53. The average Bonchev–Trinajstić information content (AvgIpc) is 3.14. The van der Waals surface area contributed by atoms with Crippen molar-refractivity contribution in [2.45, 2.75) is 45.1 Å². The molecule has 4 rings (SSSR count). The fourth-order valence-electron chi connectivity index (χ4n) is 3.81. The monoisotopic (exact) mass is 507 g/mol. The molecule has 0 radical (unpaired) electrons.